The van der Waals surface area contributed by atoms with Crippen LogP contribution in [0.1, 0.15) is 5.56 Å². The van der Waals surface area contributed by atoms with Crippen molar-refractivity contribution < 1.29 is 8.42 Å². The van der Waals surface area contributed by atoms with Crippen LogP contribution in [-0.4, -0.2) is 15.5 Å². The zero-order valence-corrected chi connectivity index (χ0v) is 13.3. The largest absolute Gasteiger partial charge is 0.269 e. The van der Waals surface area contributed by atoms with Crippen LogP contribution in [0, 0.1) is 6.92 Å². The maximum Gasteiger partial charge on any atom is 0.264 e. The number of rotatable bonds is 3. The van der Waals surface area contributed by atoms with Gasteiger partial charge in [-0.05, 0) is 30.5 Å². The maximum atomic E-state index is 12.8. The van der Waals surface area contributed by atoms with Crippen molar-refractivity contribution in [2.24, 2.45) is 0 Å². The molecule has 0 fully saturated rings. The molecule has 0 bridgehead atoms. The summed E-state index contributed by atoms with van der Waals surface area (Å²) in [5.74, 6) is 0. The molecule has 0 aliphatic heterocycles. The summed E-state index contributed by atoms with van der Waals surface area (Å²) in [5.41, 5.74) is 1.71. The average molecular weight is 311 g/mol. The Morgan fingerprint density at radius 2 is 1.45 bits per heavy atom. The van der Waals surface area contributed by atoms with E-state index in [4.69, 9.17) is 0 Å². The fourth-order valence-electron chi connectivity index (χ4n) is 2.48. The first-order valence-corrected chi connectivity index (χ1v) is 8.47. The Hall–Kier alpha value is -2.33. The summed E-state index contributed by atoms with van der Waals surface area (Å²) < 4.78 is 27.0. The Balaban J connectivity index is 2.12. The van der Waals surface area contributed by atoms with E-state index in [-0.39, 0.29) is 0 Å². The zero-order valence-electron chi connectivity index (χ0n) is 12.5. The van der Waals surface area contributed by atoms with Crippen molar-refractivity contribution in [1.29, 1.82) is 0 Å². The number of sulfonamides is 1. The number of aryl methyl sites for hydroxylation is 1. The van der Waals surface area contributed by atoms with E-state index in [2.05, 4.69) is 0 Å². The fraction of sp³-hybridized carbons (Fsp3) is 0.111. The van der Waals surface area contributed by atoms with E-state index in [9.17, 15) is 8.42 Å². The number of anilines is 1. The highest BCUT2D eigenvalue weighted by atomic mass is 32.2. The Kier molecular flexibility index (Phi) is 3.62. The van der Waals surface area contributed by atoms with Gasteiger partial charge < -0.3 is 0 Å². The molecule has 0 heterocycles. The molecule has 0 aliphatic carbocycles. The van der Waals surface area contributed by atoms with Crippen molar-refractivity contribution >= 4 is 26.5 Å². The summed E-state index contributed by atoms with van der Waals surface area (Å²) in [6, 6.07) is 20.4. The van der Waals surface area contributed by atoms with Crippen LogP contribution in [0.2, 0.25) is 0 Å². The summed E-state index contributed by atoms with van der Waals surface area (Å²) in [6.45, 7) is 1.94. The second kappa shape index (κ2) is 5.46. The highest BCUT2D eigenvalue weighted by Gasteiger charge is 2.22. The van der Waals surface area contributed by atoms with Crippen LogP contribution < -0.4 is 4.31 Å². The smallest absolute Gasteiger partial charge is 0.264 e. The van der Waals surface area contributed by atoms with Crippen molar-refractivity contribution in [2.45, 2.75) is 11.8 Å². The monoisotopic (exact) mass is 311 g/mol. The number of fused-ring (bicyclic) bond motifs is 1. The summed E-state index contributed by atoms with van der Waals surface area (Å²) in [7, 11) is -1.97. The lowest BCUT2D eigenvalue weighted by molar-refractivity contribution is 0.594. The highest BCUT2D eigenvalue weighted by Crippen LogP contribution is 2.29. The van der Waals surface area contributed by atoms with Gasteiger partial charge in [-0.3, -0.25) is 4.31 Å². The molecule has 0 unspecified atom stereocenters. The van der Waals surface area contributed by atoms with E-state index in [1.807, 2.05) is 61.5 Å². The Morgan fingerprint density at radius 1 is 0.818 bits per heavy atom. The number of benzene rings is 3. The van der Waals surface area contributed by atoms with Crippen LogP contribution in [0.3, 0.4) is 0 Å². The third-order valence-corrected chi connectivity index (χ3v) is 5.57. The van der Waals surface area contributed by atoms with Gasteiger partial charge in [-0.2, -0.15) is 0 Å². The molecule has 3 aromatic carbocycles. The van der Waals surface area contributed by atoms with E-state index in [1.165, 1.54) is 4.31 Å². The predicted molar refractivity (Wildman–Crippen MR) is 90.7 cm³/mol. The minimum Gasteiger partial charge on any atom is -0.269 e. The molecule has 22 heavy (non-hydrogen) atoms. The van der Waals surface area contributed by atoms with Gasteiger partial charge >= 0.3 is 0 Å². The van der Waals surface area contributed by atoms with E-state index < -0.39 is 10.0 Å². The minimum atomic E-state index is -3.57. The normalized spacial score (nSPS) is 11.5. The molecule has 0 saturated heterocycles. The molecule has 3 rings (SSSR count). The lowest BCUT2D eigenvalue weighted by atomic mass is 10.1. The minimum absolute atomic E-state index is 0.300. The van der Waals surface area contributed by atoms with Crippen molar-refractivity contribution in [3.05, 3.63) is 72.3 Å². The zero-order chi connectivity index (χ0) is 15.7. The van der Waals surface area contributed by atoms with Gasteiger partial charge in [0, 0.05) is 12.4 Å². The first-order valence-electron chi connectivity index (χ1n) is 7.03. The molecular formula is C18H17NO2S. The molecule has 0 atom stereocenters. The molecule has 0 N–H and O–H groups in total. The molecule has 112 valence electrons. The van der Waals surface area contributed by atoms with E-state index >= 15 is 0 Å². The Bertz CT molecular complexity index is 910. The van der Waals surface area contributed by atoms with E-state index in [1.54, 1.807) is 19.2 Å². The van der Waals surface area contributed by atoms with Crippen LogP contribution in [0.25, 0.3) is 10.8 Å². The quantitative estimate of drug-likeness (QED) is 0.734. The van der Waals surface area contributed by atoms with Gasteiger partial charge in [0.15, 0.2) is 0 Å². The third kappa shape index (κ3) is 2.46. The lowest BCUT2D eigenvalue weighted by Gasteiger charge is -2.21. The van der Waals surface area contributed by atoms with Crippen LogP contribution in [0.5, 0.6) is 0 Å². The van der Waals surface area contributed by atoms with Gasteiger partial charge in [-0.25, -0.2) is 8.42 Å². The van der Waals surface area contributed by atoms with Gasteiger partial charge in [0.25, 0.3) is 10.0 Å². The average Bonchev–Trinajstić information content (AvgIpc) is 2.54. The van der Waals surface area contributed by atoms with E-state index in [0.29, 0.717) is 10.6 Å². The molecule has 0 radical (unpaired) electrons. The van der Waals surface area contributed by atoms with Crippen LogP contribution in [0.4, 0.5) is 5.69 Å². The summed E-state index contributed by atoms with van der Waals surface area (Å²) in [5, 5.41) is 1.94. The molecule has 3 aromatic rings. The van der Waals surface area contributed by atoms with Crippen LogP contribution >= 0.6 is 0 Å². The second-order valence-corrected chi connectivity index (χ2v) is 7.25. The molecule has 4 heteroatoms. The summed E-state index contributed by atoms with van der Waals surface area (Å²) in [4.78, 5) is 0.300. The van der Waals surface area contributed by atoms with Gasteiger partial charge in [0.1, 0.15) is 0 Å². The Labute approximate surface area is 130 Å². The van der Waals surface area contributed by atoms with Gasteiger partial charge in [-0.15, -0.1) is 0 Å². The molecule has 0 aromatic heterocycles. The topological polar surface area (TPSA) is 37.4 Å². The van der Waals surface area contributed by atoms with Crippen LogP contribution in [0.15, 0.2) is 71.6 Å². The summed E-state index contributed by atoms with van der Waals surface area (Å²) in [6.07, 6.45) is 0. The van der Waals surface area contributed by atoms with Gasteiger partial charge in [-0.1, -0.05) is 54.1 Å². The SMILES string of the molecule is Cc1ccc(S(=O)(=O)N(C)c2cccc3ccccc23)cc1. The van der Waals surface area contributed by atoms with Gasteiger partial charge in [0.2, 0.25) is 0 Å². The predicted octanol–water partition coefficient (Wildman–Crippen LogP) is 3.97. The molecule has 3 nitrogen and oxygen atoms in total. The first-order chi connectivity index (χ1) is 10.5. The first kappa shape index (κ1) is 14.6. The third-order valence-electron chi connectivity index (χ3n) is 3.79. The fourth-order valence-corrected chi connectivity index (χ4v) is 3.70. The number of hydrogen-bond donors (Lipinski definition) is 0. The maximum absolute atomic E-state index is 12.8. The van der Waals surface area contributed by atoms with Crippen molar-refractivity contribution in [3.63, 3.8) is 0 Å². The van der Waals surface area contributed by atoms with Gasteiger partial charge in [0.05, 0.1) is 10.6 Å². The van der Waals surface area contributed by atoms with E-state index in [0.717, 1.165) is 16.3 Å². The standard InChI is InChI=1S/C18H17NO2S/c1-14-10-12-16(13-11-14)22(20,21)19(2)18-9-5-7-15-6-3-4-8-17(15)18/h3-13H,1-2H3. The molecule has 0 amide bonds. The lowest BCUT2D eigenvalue weighted by Crippen LogP contribution is -2.26. The number of nitrogens with zero attached hydrogens (tertiary/aromatic N) is 1. The molecule has 0 saturated carbocycles. The second-order valence-electron chi connectivity index (χ2n) is 5.28. The van der Waals surface area contributed by atoms with Crippen molar-refractivity contribution in [1.82, 2.24) is 0 Å². The molecule has 0 aliphatic rings. The van der Waals surface area contributed by atoms with Crippen LogP contribution in [-0.2, 0) is 10.0 Å². The highest BCUT2D eigenvalue weighted by molar-refractivity contribution is 7.92. The summed E-state index contributed by atoms with van der Waals surface area (Å²) >= 11 is 0. The van der Waals surface area contributed by atoms with Crippen molar-refractivity contribution in [3.8, 4) is 0 Å². The van der Waals surface area contributed by atoms with Crippen molar-refractivity contribution in [2.75, 3.05) is 11.4 Å². The Morgan fingerprint density at radius 3 is 2.18 bits per heavy atom. The molecule has 0 spiro atoms. The molecular weight excluding hydrogens is 294 g/mol. The number of hydrogen-bond acceptors (Lipinski definition) is 2.